The molecule has 16 heavy (non-hydrogen) atoms. The molecule has 3 N–H and O–H groups in total. The molecule has 0 fully saturated rings. The van der Waals surface area contributed by atoms with Crippen LogP contribution in [-0.4, -0.2) is 41.5 Å². The van der Waals surface area contributed by atoms with Gasteiger partial charge in [0, 0.05) is 25.5 Å². The summed E-state index contributed by atoms with van der Waals surface area (Å²) in [7, 11) is 1.51. The minimum Gasteiger partial charge on any atom is -0.383 e. The number of carbonyl (C=O) groups excluding carboxylic acids is 1. The summed E-state index contributed by atoms with van der Waals surface area (Å²) in [5.41, 5.74) is 5.59. The average Bonchev–Trinajstić information content (AvgIpc) is 2.70. The fraction of sp³-hybridized carbons (Fsp3) is 0.600. The molecule has 1 aromatic heterocycles. The van der Waals surface area contributed by atoms with Crippen LogP contribution in [0.1, 0.15) is 6.92 Å². The number of hydrogen-bond donors (Lipinski definition) is 2. The van der Waals surface area contributed by atoms with Crippen LogP contribution in [0.4, 0.5) is 0 Å². The second-order valence-corrected chi connectivity index (χ2v) is 3.70. The van der Waals surface area contributed by atoms with Crippen LogP contribution in [0.25, 0.3) is 0 Å². The fourth-order valence-electron chi connectivity index (χ4n) is 1.34. The van der Waals surface area contributed by atoms with Gasteiger partial charge in [-0.25, -0.2) is 0 Å². The standard InChI is InChI=1S/C10H18N4O2/c1-8(6-14-5-3-4-12-14)13-10(15)9(11)7-16-2/h3-5,8-9H,6-7,11H2,1-2H3,(H,13,15). The van der Waals surface area contributed by atoms with Crippen molar-refractivity contribution in [2.45, 2.75) is 25.6 Å². The van der Waals surface area contributed by atoms with Gasteiger partial charge in [-0.1, -0.05) is 0 Å². The summed E-state index contributed by atoms with van der Waals surface area (Å²) < 4.78 is 6.57. The third-order valence-corrected chi connectivity index (χ3v) is 2.09. The highest BCUT2D eigenvalue weighted by Crippen LogP contribution is 1.91. The Morgan fingerprint density at radius 3 is 3.00 bits per heavy atom. The summed E-state index contributed by atoms with van der Waals surface area (Å²) in [5, 5.41) is 6.85. The van der Waals surface area contributed by atoms with Gasteiger partial charge in [0.25, 0.3) is 0 Å². The molecule has 1 aromatic rings. The number of ether oxygens (including phenoxy) is 1. The number of rotatable bonds is 6. The van der Waals surface area contributed by atoms with Crippen LogP contribution in [0.15, 0.2) is 18.5 Å². The zero-order valence-corrected chi connectivity index (χ0v) is 9.59. The zero-order chi connectivity index (χ0) is 12.0. The quantitative estimate of drug-likeness (QED) is 0.676. The van der Waals surface area contributed by atoms with Crippen molar-refractivity contribution in [3.63, 3.8) is 0 Å². The summed E-state index contributed by atoms with van der Waals surface area (Å²) in [6.45, 7) is 2.75. The van der Waals surface area contributed by atoms with Crippen LogP contribution in [0.3, 0.4) is 0 Å². The van der Waals surface area contributed by atoms with Crippen molar-refractivity contribution in [2.75, 3.05) is 13.7 Å². The first-order valence-corrected chi connectivity index (χ1v) is 5.15. The molecule has 90 valence electrons. The number of aromatic nitrogens is 2. The van der Waals surface area contributed by atoms with E-state index in [9.17, 15) is 4.79 Å². The molecular weight excluding hydrogens is 208 g/mol. The third-order valence-electron chi connectivity index (χ3n) is 2.09. The molecular formula is C10H18N4O2. The van der Waals surface area contributed by atoms with Gasteiger partial charge < -0.3 is 15.8 Å². The predicted octanol–water partition coefficient (Wildman–Crippen LogP) is -0.638. The Hall–Kier alpha value is -1.40. The molecule has 0 aliphatic heterocycles. The van der Waals surface area contributed by atoms with Gasteiger partial charge in [0.1, 0.15) is 6.04 Å². The number of methoxy groups -OCH3 is 1. The molecule has 1 heterocycles. The Kier molecular flexibility index (Phi) is 4.94. The maximum Gasteiger partial charge on any atom is 0.239 e. The van der Waals surface area contributed by atoms with Crippen LogP contribution in [0.5, 0.6) is 0 Å². The Balaban J connectivity index is 2.33. The number of nitrogens with one attached hydrogen (secondary N) is 1. The molecule has 0 saturated carbocycles. The average molecular weight is 226 g/mol. The summed E-state index contributed by atoms with van der Waals surface area (Å²) >= 11 is 0. The maximum atomic E-state index is 11.5. The van der Waals surface area contributed by atoms with Crippen LogP contribution in [0, 0.1) is 0 Å². The molecule has 0 aromatic carbocycles. The Labute approximate surface area is 94.8 Å². The van der Waals surface area contributed by atoms with E-state index < -0.39 is 6.04 Å². The van der Waals surface area contributed by atoms with Crippen LogP contribution in [-0.2, 0) is 16.1 Å². The Morgan fingerprint density at radius 2 is 2.44 bits per heavy atom. The molecule has 0 bridgehead atoms. The van der Waals surface area contributed by atoms with Crippen molar-refractivity contribution in [1.29, 1.82) is 0 Å². The first-order chi connectivity index (χ1) is 7.63. The smallest absolute Gasteiger partial charge is 0.239 e. The molecule has 1 amide bonds. The van der Waals surface area contributed by atoms with Gasteiger partial charge in [-0.15, -0.1) is 0 Å². The molecule has 1 rings (SSSR count). The van der Waals surface area contributed by atoms with E-state index in [2.05, 4.69) is 10.4 Å². The molecule has 0 aliphatic carbocycles. The lowest BCUT2D eigenvalue weighted by atomic mass is 10.2. The number of carbonyl (C=O) groups is 1. The number of amides is 1. The SMILES string of the molecule is COCC(N)C(=O)NC(C)Cn1cccn1. The topological polar surface area (TPSA) is 82.2 Å². The van der Waals surface area contributed by atoms with E-state index in [4.69, 9.17) is 10.5 Å². The van der Waals surface area contributed by atoms with E-state index in [1.165, 1.54) is 7.11 Å². The van der Waals surface area contributed by atoms with Crippen LogP contribution >= 0.6 is 0 Å². The zero-order valence-electron chi connectivity index (χ0n) is 9.59. The monoisotopic (exact) mass is 226 g/mol. The molecule has 0 spiro atoms. The van der Waals surface area contributed by atoms with E-state index in [0.717, 1.165) is 0 Å². The number of nitrogens with two attached hydrogens (primary N) is 1. The highest BCUT2D eigenvalue weighted by Gasteiger charge is 2.15. The van der Waals surface area contributed by atoms with Gasteiger partial charge in [-0.05, 0) is 13.0 Å². The molecule has 2 unspecified atom stereocenters. The van der Waals surface area contributed by atoms with Crippen molar-refractivity contribution in [1.82, 2.24) is 15.1 Å². The summed E-state index contributed by atoms with van der Waals surface area (Å²) in [6, 6.07) is 1.20. The van der Waals surface area contributed by atoms with Crippen molar-refractivity contribution >= 4 is 5.91 Å². The number of hydrogen-bond acceptors (Lipinski definition) is 4. The van der Waals surface area contributed by atoms with Gasteiger partial charge in [-0.3, -0.25) is 9.48 Å². The largest absolute Gasteiger partial charge is 0.383 e. The van der Waals surface area contributed by atoms with Crippen LogP contribution in [0.2, 0.25) is 0 Å². The van der Waals surface area contributed by atoms with Gasteiger partial charge in [0.15, 0.2) is 0 Å². The minimum atomic E-state index is -0.620. The summed E-state index contributed by atoms with van der Waals surface area (Å²) in [4.78, 5) is 11.5. The highest BCUT2D eigenvalue weighted by molar-refractivity contribution is 5.81. The lowest BCUT2D eigenvalue weighted by molar-refractivity contribution is -0.124. The van der Waals surface area contributed by atoms with E-state index in [1.807, 2.05) is 19.2 Å². The van der Waals surface area contributed by atoms with Crippen molar-refractivity contribution in [3.8, 4) is 0 Å². The fourth-order valence-corrected chi connectivity index (χ4v) is 1.34. The molecule has 0 radical (unpaired) electrons. The van der Waals surface area contributed by atoms with Gasteiger partial charge in [0.05, 0.1) is 13.2 Å². The first kappa shape index (κ1) is 12.7. The number of nitrogens with zero attached hydrogens (tertiary/aromatic N) is 2. The van der Waals surface area contributed by atoms with Crippen molar-refractivity contribution < 1.29 is 9.53 Å². The van der Waals surface area contributed by atoms with Crippen molar-refractivity contribution in [2.24, 2.45) is 5.73 Å². The Morgan fingerprint density at radius 1 is 1.69 bits per heavy atom. The summed E-state index contributed by atoms with van der Waals surface area (Å²) in [6.07, 6.45) is 3.54. The van der Waals surface area contributed by atoms with Gasteiger partial charge in [-0.2, -0.15) is 5.10 Å². The minimum absolute atomic E-state index is 0.0182. The highest BCUT2D eigenvalue weighted by atomic mass is 16.5. The van der Waals surface area contributed by atoms with Gasteiger partial charge >= 0.3 is 0 Å². The summed E-state index contributed by atoms with van der Waals surface area (Å²) in [5.74, 6) is -0.207. The molecule has 0 saturated heterocycles. The molecule has 6 nitrogen and oxygen atoms in total. The van der Waals surface area contributed by atoms with E-state index in [0.29, 0.717) is 6.54 Å². The predicted molar refractivity (Wildman–Crippen MR) is 59.7 cm³/mol. The van der Waals surface area contributed by atoms with E-state index >= 15 is 0 Å². The molecule has 2 atom stereocenters. The molecule has 0 aliphatic rings. The second kappa shape index (κ2) is 6.24. The first-order valence-electron chi connectivity index (χ1n) is 5.15. The second-order valence-electron chi connectivity index (χ2n) is 3.70. The van der Waals surface area contributed by atoms with Gasteiger partial charge in [0.2, 0.25) is 5.91 Å². The van der Waals surface area contributed by atoms with E-state index in [-0.39, 0.29) is 18.6 Å². The lowest BCUT2D eigenvalue weighted by Gasteiger charge is -2.17. The van der Waals surface area contributed by atoms with E-state index in [1.54, 1.807) is 10.9 Å². The maximum absolute atomic E-state index is 11.5. The normalized spacial score (nSPS) is 14.4. The Bertz CT molecular complexity index is 313. The van der Waals surface area contributed by atoms with Crippen LogP contribution < -0.4 is 11.1 Å². The third kappa shape index (κ3) is 4.00. The lowest BCUT2D eigenvalue weighted by Crippen LogP contribution is -2.47. The molecule has 6 heteroatoms. The van der Waals surface area contributed by atoms with Crippen molar-refractivity contribution in [3.05, 3.63) is 18.5 Å².